The molecule has 7 heteroatoms. The van der Waals surface area contributed by atoms with Crippen molar-refractivity contribution >= 4 is 12.2 Å². The van der Waals surface area contributed by atoms with Gasteiger partial charge in [-0.15, -0.1) is 0 Å². The van der Waals surface area contributed by atoms with Crippen LogP contribution in [0.4, 0.5) is 0 Å². The quantitative estimate of drug-likeness (QED) is 0.485. The molecule has 0 radical (unpaired) electrons. The summed E-state index contributed by atoms with van der Waals surface area (Å²) >= 11 is 0. The van der Waals surface area contributed by atoms with E-state index >= 15 is 0 Å². The summed E-state index contributed by atoms with van der Waals surface area (Å²) in [6.07, 6.45) is 8.30. The van der Waals surface area contributed by atoms with Gasteiger partial charge in [0, 0.05) is 23.7 Å². The van der Waals surface area contributed by atoms with E-state index < -0.39 is 0 Å². The standard InChI is InChI=1S/C23H21N5O2/c1-14(2)21-18(25-13-26-21)11-20-23(30)27-19(22(29)28-20)10-15-5-3-6-16(9-15)17-7-4-8-24-12-17/h3-14H,1-2H3,(H,25,26)(H,27,30)(H,28,29)/b19-10-,20-11-. The van der Waals surface area contributed by atoms with E-state index in [1.165, 1.54) is 0 Å². The van der Waals surface area contributed by atoms with Crippen molar-refractivity contribution in [1.29, 1.82) is 0 Å². The van der Waals surface area contributed by atoms with Crippen molar-refractivity contribution in [2.24, 2.45) is 0 Å². The first-order valence-electron chi connectivity index (χ1n) is 9.61. The Labute approximate surface area is 171 Å². The number of rotatable bonds is 4. The number of hydrogen-bond acceptors (Lipinski definition) is 4. The second-order valence-electron chi connectivity index (χ2n) is 7.25. The average Bonchev–Trinajstić information content (AvgIpc) is 3.21. The summed E-state index contributed by atoms with van der Waals surface area (Å²) < 4.78 is 0. The Hall–Kier alpha value is -4.00. The Kier molecular flexibility index (Phi) is 5.26. The van der Waals surface area contributed by atoms with Crippen molar-refractivity contribution in [1.82, 2.24) is 24.9 Å². The number of aromatic amines is 3. The molecule has 0 saturated heterocycles. The fourth-order valence-corrected chi connectivity index (χ4v) is 3.23. The summed E-state index contributed by atoms with van der Waals surface area (Å²) in [6.45, 7) is 4.05. The molecule has 30 heavy (non-hydrogen) atoms. The van der Waals surface area contributed by atoms with Gasteiger partial charge in [-0.3, -0.25) is 14.6 Å². The van der Waals surface area contributed by atoms with Crippen molar-refractivity contribution in [3.63, 3.8) is 0 Å². The predicted molar refractivity (Wildman–Crippen MR) is 116 cm³/mol. The SMILES string of the molecule is CC(C)c1[nH]cnc1/C=c1\[nH]c(=O)/c(=C/c2cccc(-c3cccnc3)c2)[nH]c1=O. The summed E-state index contributed by atoms with van der Waals surface area (Å²) in [4.78, 5) is 41.9. The van der Waals surface area contributed by atoms with Crippen LogP contribution in [-0.2, 0) is 0 Å². The van der Waals surface area contributed by atoms with Crippen LogP contribution in [0.15, 0.2) is 64.7 Å². The minimum absolute atomic E-state index is 0.162. The molecule has 0 aliphatic rings. The Morgan fingerprint density at radius 3 is 2.37 bits per heavy atom. The fourth-order valence-electron chi connectivity index (χ4n) is 3.23. The highest BCUT2D eigenvalue weighted by Crippen LogP contribution is 2.19. The Balaban J connectivity index is 1.77. The zero-order valence-corrected chi connectivity index (χ0v) is 16.6. The Morgan fingerprint density at radius 1 is 0.933 bits per heavy atom. The molecular formula is C23H21N5O2. The molecule has 1 aromatic carbocycles. The van der Waals surface area contributed by atoms with E-state index in [1.807, 2.05) is 50.2 Å². The summed E-state index contributed by atoms with van der Waals surface area (Å²) in [6, 6.07) is 11.5. The third-order valence-corrected chi connectivity index (χ3v) is 4.74. The molecule has 3 heterocycles. The minimum Gasteiger partial charge on any atom is -0.348 e. The maximum atomic E-state index is 12.6. The van der Waals surface area contributed by atoms with Crippen LogP contribution in [-0.4, -0.2) is 24.9 Å². The van der Waals surface area contributed by atoms with Crippen LogP contribution in [0.1, 0.15) is 36.7 Å². The van der Waals surface area contributed by atoms with Gasteiger partial charge >= 0.3 is 0 Å². The predicted octanol–water partition coefficient (Wildman–Crippen LogP) is 1.63. The molecule has 0 fully saturated rings. The normalized spacial score (nSPS) is 12.6. The topological polar surface area (TPSA) is 107 Å². The lowest BCUT2D eigenvalue weighted by Crippen LogP contribution is -2.46. The summed E-state index contributed by atoms with van der Waals surface area (Å²) in [5, 5.41) is 0.349. The number of aromatic nitrogens is 5. The van der Waals surface area contributed by atoms with Gasteiger partial charge in [-0.1, -0.05) is 38.1 Å². The molecule has 0 spiro atoms. The van der Waals surface area contributed by atoms with E-state index in [0.717, 1.165) is 22.4 Å². The van der Waals surface area contributed by atoms with Gasteiger partial charge in [0.2, 0.25) is 0 Å². The highest BCUT2D eigenvalue weighted by Gasteiger charge is 2.07. The fraction of sp³-hybridized carbons (Fsp3) is 0.130. The van der Waals surface area contributed by atoms with Gasteiger partial charge in [-0.05, 0) is 41.3 Å². The number of H-pyrrole nitrogens is 3. The van der Waals surface area contributed by atoms with E-state index in [2.05, 4.69) is 24.9 Å². The van der Waals surface area contributed by atoms with Crippen LogP contribution in [0.3, 0.4) is 0 Å². The lowest BCUT2D eigenvalue weighted by molar-refractivity contribution is 0.829. The first kappa shape index (κ1) is 19.3. The van der Waals surface area contributed by atoms with Crippen molar-refractivity contribution in [2.45, 2.75) is 19.8 Å². The van der Waals surface area contributed by atoms with Crippen molar-refractivity contribution in [2.75, 3.05) is 0 Å². The van der Waals surface area contributed by atoms with Crippen LogP contribution in [0.2, 0.25) is 0 Å². The lowest BCUT2D eigenvalue weighted by atomic mass is 10.0. The minimum atomic E-state index is -0.387. The summed E-state index contributed by atoms with van der Waals surface area (Å²) in [5.41, 5.74) is 3.51. The highest BCUT2D eigenvalue weighted by molar-refractivity contribution is 5.66. The number of pyridine rings is 1. The van der Waals surface area contributed by atoms with Crippen LogP contribution < -0.4 is 21.8 Å². The maximum Gasteiger partial charge on any atom is 0.272 e. The van der Waals surface area contributed by atoms with Crippen LogP contribution >= 0.6 is 0 Å². The molecule has 0 bridgehead atoms. The smallest absolute Gasteiger partial charge is 0.272 e. The third-order valence-electron chi connectivity index (χ3n) is 4.74. The molecular weight excluding hydrogens is 378 g/mol. The van der Waals surface area contributed by atoms with Gasteiger partial charge in [-0.2, -0.15) is 0 Å². The van der Waals surface area contributed by atoms with E-state index in [4.69, 9.17) is 0 Å². The summed E-state index contributed by atoms with van der Waals surface area (Å²) in [7, 11) is 0. The molecule has 150 valence electrons. The molecule has 0 atom stereocenters. The number of hydrogen-bond donors (Lipinski definition) is 3. The highest BCUT2D eigenvalue weighted by atomic mass is 16.1. The van der Waals surface area contributed by atoms with Crippen LogP contribution in [0.25, 0.3) is 23.3 Å². The molecule has 4 aromatic rings. The van der Waals surface area contributed by atoms with E-state index in [0.29, 0.717) is 5.69 Å². The molecule has 0 amide bonds. The third kappa shape index (κ3) is 4.05. The number of nitrogens with zero attached hydrogens (tertiary/aromatic N) is 2. The van der Waals surface area contributed by atoms with Crippen LogP contribution in [0, 0.1) is 0 Å². The van der Waals surface area contributed by atoms with E-state index in [9.17, 15) is 9.59 Å². The first-order chi connectivity index (χ1) is 14.5. The van der Waals surface area contributed by atoms with Gasteiger partial charge in [0.05, 0.1) is 12.0 Å². The van der Waals surface area contributed by atoms with Gasteiger partial charge < -0.3 is 15.0 Å². The molecule has 0 saturated carbocycles. The van der Waals surface area contributed by atoms with Crippen molar-refractivity contribution < 1.29 is 0 Å². The van der Waals surface area contributed by atoms with Gasteiger partial charge in [0.15, 0.2) is 0 Å². The monoisotopic (exact) mass is 399 g/mol. The van der Waals surface area contributed by atoms with E-state index in [-0.39, 0.29) is 27.7 Å². The second-order valence-corrected chi connectivity index (χ2v) is 7.25. The Morgan fingerprint density at radius 2 is 1.67 bits per heavy atom. The molecule has 3 N–H and O–H groups in total. The second kappa shape index (κ2) is 8.16. The molecule has 7 nitrogen and oxygen atoms in total. The van der Waals surface area contributed by atoms with E-state index in [1.54, 1.807) is 30.9 Å². The largest absolute Gasteiger partial charge is 0.348 e. The van der Waals surface area contributed by atoms with Crippen molar-refractivity contribution in [3.8, 4) is 11.1 Å². The Bertz CT molecular complexity index is 1410. The maximum absolute atomic E-state index is 12.6. The molecule has 4 rings (SSSR count). The van der Waals surface area contributed by atoms with Gasteiger partial charge in [0.1, 0.15) is 10.7 Å². The number of benzene rings is 1. The number of imidazole rings is 1. The molecule has 0 aliphatic heterocycles. The number of nitrogens with one attached hydrogen (secondary N) is 3. The molecule has 0 unspecified atom stereocenters. The van der Waals surface area contributed by atoms with Gasteiger partial charge in [0.25, 0.3) is 11.1 Å². The van der Waals surface area contributed by atoms with Crippen LogP contribution in [0.5, 0.6) is 0 Å². The lowest BCUT2D eigenvalue weighted by Gasteiger charge is -2.02. The van der Waals surface area contributed by atoms with Gasteiger partial charge in [-0.25, -0.2) is 4.98 Å². The summed E-state index contributed by atoms with van der Waals surface area (Å²) in [5.74, 6) is 0.212. The molecule has 3 aromatic heterocycles. The first-order valence-corrected chi connectivity index (χ1v) is 9.61. The zero-order valence-electron chi connectivity index (χ0n) is 16.6. The zero-order chi connectivity index (χ0) is 21.1. The molecule has 0 aliphatic carbocycles. The average molecular weight is 399 g/mol. The van der Waals surface area contributed by atoms with Crippen molar-refractivity contribution in [3.05, 3.63) is 103 Å².